The molecule has 2 aromatic rings. The predicted octanol–water partition coefficient (Wildman–Crippen LogP) is 3.35. The Morgan fingerprint density at radius 3 is 2.86 bits per heavy atom. The highest BCUT2D eigenvalue weighted by molar-refractivity contribution is 7.15. The second kappa shape index (κ2) is 3.59. The van der Waals surface area contributed by atoms with Gasteiger partial charge in [-0.25, -0.2) is 4.98 Å². The van der Waals surface area contributed by atoms with E-state index in [1.165, 1.54) is 4.88 Å². The van der Waals surface area contributed by atoms with Crippen LogP contribution in [0.3, 0.4) is 0 Å². The first-order valence-corrected chi connectivity index (χ1v) is 5.34. The van der Waals surface area contributed by atoms with E-state index in [2.05, 4.69) is 18.0 Å². The van der Waals surface area contributed by atoms with Crippen LogP contribution in [0.2, 0.25) is 5.02 Å². The van der Waals surface area contributed by atoms with Crippen molar-refractivity contribution >= 4 is 28.8 Å². The Hall–Kier alpha value is -1.06. The molecule has 0 saturated carbocycles. The third kappa shape index (κ3) is 1.74. The third-order valence-corrected chi connectivity index (χ3v) is 3.13. The summed E-state index contributed by atoms with van der Waals surface area (Å²) in [6, 6.07) is 5.93. The molecule has 2 rings (SSSR count). The van der Waals surface area contributed by atoms with Crippen LogP contribution in [0.5, 0.6) is 0 Å². The molecule has 0 radical (unpaired) electrons. The fourth-order valence-corrected chi connectivity index (χ4v) is 2.28. The summed E-state index contributed by atoms with van der Waals surface area (Å²) in [5.74, 6) is 0.524. The molecule has 0 aliphatic carbocycles. The standard InChI is InChI=1S/C10H9ClN2S/c1-6-2-3-9(14-6)8-4-7(11)5-13-10(8)12/h2-5H,1H3,(H2,12,13). The molecule has 0 aliphatic rings. The van der Waals surface area contributed by atoms with Crippen molar-refractivity contribution in [2.75, 3.05) is 5.73 Å². The van der Waals surface area contributed by atoms with Gasteiger partial charge in [0.1, 0.15) is 5.82 Å². The summed E-state index contributed by atoms with van der Waals surface area (Å²) >= 11 is 7.55. The van der Waals surface area contributed by atoms with Crippen LogP contribution >= 0.6 is 22.9 Å². The highest BCUT2D eigenvalue weighted by Gasteiger charge is 2.06. The highest BCUT2D eigenvalue weighted by atomic mass is 35.5. The van der Waals surface area contributed by atoms with Gasteiger partial charge in [0, 0.05) is 21.5 Å². The Morgan fingerprint density at radius 2 is 2.21 bits per heavy atom. The zero-order valence-electron chi connectivity index (χ0n) is 7.62. The van der Waals surface area contributed by atoms with Gasteiger partial charge in [0.2, 0.25) is 0 Å². The minimum absolute atomic E-state index is 0.524. The van der Waals surface area contributed by atoms with E-state index in [9.17, 15) is 0 Å². The van der Waals surface area contributed by atoms with Gasteiger partial charge in [-0.1, -0.05) is 11.6 Å². The number of aromatic nitrogens is 1. The monoisotopic (exact) mass is 224 g/mol. The molecule has 0 saturated heterocycles. The summed E-state index contributed by atoms with van der Waals surface area (Å²) in [7, 11) is 0. The lowest BCUT2D eigenvalue weighted by Gasteiger charge is -2.01. The molecular formula is C10H9ClN2S. The van der Waals surface area contributed by atoms with Crippen LogP contribution in [-0.2, 0) is 0 Å². The van der Waals surface area contributed by atoms with Crippen molar-refractivity contribution in [2.45, 2.75) is 6.92 Å². The average molecular weight is 225 g/mol. The minimum atomic E-state index is 0.524. The summed E-state index contributed by atoms with van der Waals surface area (Å²) in [5.41, 5.74) is 6.68. The van der Waals surface area contributed by atoms with Crippen molar-refractivity contribution in [2.24, 2.45) is 0 Å². The van der Waals surface area contributed by atoms with E-state index in [0.717, 1.165) is 10.4 Å². The Morgan fingerprint density at radius 1 is 1.43 bits per heavy atom. The molecule has 2 nitrogen and oxygen atoms in total. The SMILES string of the molecule is Cc1ccc(-c2cc(Cl)cnc2N)s1. The molecule has 0 unspecified atom stereocenters. The normalized spacial score (nSPS) is 10.4. The first-order valence-electron chi connectivity index (χ1n) is 4.14. The van der Waals surface area contributed by atoms with E-state index in [4.69, 9.17) is 17.3 Å². The van der Waals surface area contributed by atoms with Crippen molar-refractivity contribution in [1.82, 2.24) is 4.98 Å². The molecule has 0 bridgehead atoms. The number of rotatable bonds is 1. The van der Waals surface area contributed by atoms with E-state index < -0.39 is 0 Å². The van der Waals surface area contributed by atoms with Crippen LogP contribution in [0.25, 0.3) is 10.4 Å². The van der Waals surface area contributed by atoms with Gasteiger partial charge in [0.25, 0.3) is 0 Å². The van der Waals surface area contributed by atoms with Gasteiger partial charge in [-0.15, -0.1) is 11.3 Å². The fraction of sp³-hybridized carbons (Fsp3) is 0.100. The molecule has 0 amide bonds. The van der Waals surface area contributed by atoms with Crippen molar-refractivity contribution in [3.63, 3.8) is 0 Å². The summed E-state index contributed by atoms with van der Waals surface area (Å²) in [4.78, 5) is 6.37. The lowest BCUT2D eigenvalue weighted by atomic mass is 10.2. The van der Waals surface area contributed by atoms with Gasteiger partial charge in [-0.2, -0.15) is 0 Å². The van der Waals surface area contributed by atoms with Crippen LogP contribution in [0.4, 0.5) is 5.82 Å². The summed E-state index contributed by atoms with van der Waals surface area (Å²) < 4.78 is 0. The Kier molecular flexibility index (Phi) is 2.44. The van der Waals surface area contributed by atoms with Gasteiger partial charge in [0.05, 0.1) is 5.02 Å². The van der Waals surface area contributed by atoms with Gasteiger partial charge in [-0.05, 0) is 25.1 Å². The smallest absolute Gasteiger partial charge is 0.132 e. The van der Waals surface area contributed by atoms with Crippen LogP contribution in [-0.4, -0.2) is 4.98 Å². The Bertz CT molecular complexity index is 465. The predicted molar refractivity (Wildman–Crippen MR) is 61.7 cm³/mol. The zero-order valence-corrected chi connectivity index (χ0v) is 9.19. The maximum absolute atomic E-state index is 5.86. The molecule has 72 valence electrons. The van der Waals surface area contributed by atoms with Crippen molar-refractivity contribution in [3.05, 3.63) is 34.3 Å². The first-order chi connectivity index (χ1) is 6.66. The number of hydrogen-bond acceptors (Lipinski definition) is 3. The zero-order chi connectivity index (χ0) is 10.1. The van der Waals surface area contributed by atoms with Crippen LogP contribution in [0.15, 0.2) is 24.4 Å². The maximum atomic E-state index is 5.86. The van der Waals surface area contributed by atoms with Gasteiger partial charge in [-0.3, -0.25) is 0 Å². The van der Waals surface area contributed by atoms with E-state index in [0.29, 0.717) is 10.8 Å². The molecule has 0 atom stereocenters. The second-order valence-corrected chi connectivity index (χ2v) is 4.72. The summed E-state index contributed by atoms with van der Waals surface area (Å²) in [5, 5.41) is 0.611. The van der Waals surface area contributed by atoms with Crippen molar-refractivity contribution < 1.29 is 0 Å². The maximum Gasteiger partial charge on any atom is 0.132 e. The van der Waals surface area contributed by atoms with E-state index in [1.807, 2.05) is 12.1 Å². The topological polar surface area (TPSA) is 38.9 Å². The molecule has 0 fully saturated rings. The number of anilines is 1. The third-order valence-electron chi connectivity index (χ3n) is 1.89. The molecule has 0 spiro atoms. The number of nitrogen functional groups attached to an aromatic ring is 1. The molecule has 14 heavy (non-hydrogen) atoms. The van der Waals surface area contributed by atoms with E-state index in [1.54, 1.807) is 17.5 Å². The minimum Gasteiger partial charge on any atom is -0.383 e. The second-order valence-electron chi connectivity index (χ2n) is 3.00. The molecule has 0 aliphatic heterocycles. The molecule has 2 aromatic heterocycles. The number of pyridine rings is 1. The van der Waals surface area contributed by atoms with Crippen LogP contribution in [0.1, 0.15) is 4.88 Å². The number of halogens is 1. The van der Waals surface area contributed by atoms with E-state index >= 15 is 0 Å². The fourth-order valence-electron chi connectivity index (χ4n) is 1.23. The highest BCUT2D eigenvalue weighted by Crippen LogP contribution is 2.32. The molecule has 2 N–H and O–H groups in total. The summed E-state index contributed by atoms with van der Waals surface area (Å²) in [6.07, 6.45) is 1.56. The molecular weight excluding hydrogens is 216 g/mol. The number of hydrogen-bond donors (Lipinski definition) is 1. The summed E-state index contributed by atoms with van der Waals surface area (Å²) in [6.45, 7) is 2.06. The lowest BCUT2D eigenvalue weighted by Crippen LogP contribution is -1.92. The van der Waals surface area contributed by atoms with Crippen LogP contribution < -0.4 is 5.73 Å². The number of thiophene rings is 1. The van der Waals surface area contributed by atoms with Gasteiger partial charge < -0.3 is 5.73 Å². The van der Waals surface area contributed by atoms with E-state index in [-0.39, 0.29) is 0 Å². The van der Waals surface area contributed by atoms with Gasteiger partial charge in [0.15, 0.2) is 0 Å². The number of nitrogens with two attached hydrogens (primary N) is 1. The Labute approximate surface area is 91.4 Å². The van der Waals surface area contributed by atoms with Crippen LogP contribution in [0, 0.1) is 6.92 Å². The quantitative estimate of drug-likeness (QED) is 0.807. The molecule has 2 heterocycles. The van der Waals surface area contributed by atoms with Crippen molar-refractivity contribution in [3.8, 4) is 10.4 Å². The number of aryl methyl sites for hydroxylation is 1. The van der Waals surface area contributed by atoms with Gasteiger partial charge >= 0.3 is 0 Å². The van der Waals surface area contributed by atoms with Crippen molar-refractivity contribution in [1.29, 1.82) is 0 Å². The first kappa shape index (κ1) is 9.49. The lowest BCUT2D eigenvalue weighted by molar-refractivity contribution is 1.34. The Balaban J connectivity index is 2.55. The average Bonchev–Trinajstić information content (AvgIpc) is 2.56. The largest absolute Gasteiger partial charge is 0.383 e. The number of nitrogens with zero attached hydrogens (tertiary/aromatic N) is 1. The molecule has 4 heteroatoms. The molecule has 0 aromatic carbocycles.